The minimum absolute atomic E-state index is 0.00185. The predicted molar refractivity (Wildman–Crippen MR) is 421 cm³/mol. The number of carbonyl (C=O) groups is 7. The molecule has 2 amide bonds. The monoisotopic (exact) mass is 1650 g/mol. The lowest BCUT2D eigenvalue weighted by atomic mass is 9.87. The molecule has 118 heavy (non-hydrogen) atoms. The molecule has 0 bridgehead atoms. The zero-order valence-corrected chi connectivity index (χ0v) is 67.5. The molecule has 22 atom stereocenters. The number of aliphatic hydroxyl groups is 2. The van der Waals surface area contributed by atoms with Gasteiger partial charge in [-0.25, -0.2) is 4.79 Å². The number of nitrogens with one attached hydrogen (secondary N) is 2. The Morgan fingerprint density at radius 1 is 0.441 bits per heavy atom. The van der Waals surface area contributed by atoms with Crippen LogP contribution in [-0.4, -0.2) is 212 Å². The number of thioether (sulfide) groups is 1. The van der Waals surface area contributed by atoms with Gasteiger partial charge in [-0.1, -0.05) is 200 Å². The normalized spacial score (nSPS) is 28.0. The highest BCUT2D eigenvalue weighted by Crippen LogP contribution is 2.48. The zero-order chi connectivity index (χ0) is 83.7. The maximum Gasteiger partial charge on any atom is 0.368 e. The number of esters is 5. The van der Waals surface area contributed by atoms with Crippen molar-refractivity contribution in [2.45, 2.75) is 227 Å². The van der Waals surface area contributed by atoms with Crippen LogP contribution in [0.3, 0.4) is 0 Å². The standard InChI is InChI=1S/C88H102N2O27S/c1-53-74(104-46-62-34-20-11-21-35-62)81(105-47-63-36-22-12-23-37-63)82(106-48-64-38-24-13-25-39-64)86(108-53)115-77-71(90-55(3)92)84(107-49-65-40-26-14-27-41-65)113-68(51-102-45-61-32-18-10-19-33-61)75(77)114-85-73(98)80(72(97)67(112-85)50-101-44-60-30-16-9-17-31-60)117-88(87(99)100-8)83(118-66-42-28-15-29-43-66)79(111-59(7)96)70(89-54(2)91)78(116-88)76(110-58(6)95)69(109-57(5)94)52-103-56(4)93/h9-43,53,67-86,97-98H,44-52H2,1-8H3,(H,89,91)(H,90,92)/t53-,67+,68+,69-,70?,71+,72-,73+,74+,75+,76+,77+,78+,79+,80-,81+,82-,83-,84-,85-,86-,88-/m0/s1. The largest absolute Gasteiger partial charge is 0.465 e. The van der Waals surface area contributed by atoms with Gasteiger partial charge in [0.15, 0.2) is 31.1 Å². The highest BCUT2D eigenvalue weighted by molar-refractivity contribution is 8.00. The van der Waals surface area contributed by atoms with E-state index in [2.05, 4.69) is 10.6 Å². The molecule has 632 valence electrons. The third-order valence-corrected chi connectivity index (χ3v) is 21.2. The van der Waals surface area contributed by atoms with Crippen molar-refractivity contribution < 1.29 is 129 Å². The Bertz CT molecular complexity index is 4290. The Labute approximate surface area is 689 Å². The summed E-state index contributed by atoms with van der Waals surface area (Å²) in [7, 11) is 0.959. The Morgan fingerprint density at radius 2 is 0.881 bits per heavy atom. The molecule has 7 aromatic carbocycles. The first-order valence-electron chi connectivity index (χ1n) is 38.9. The Balaban J connectivity index is 1.09. The van der Waals surface area contributed by atoms with E-state index < -0.39 is 188 Å². The number of hydrogen-bond acceptors (Lipinski definition) is 28. The molecule has 0 aliphatic carbocycles. The average Bonchev–Trinajstić information content (AvgIpc) is 0.723. The first-order chi connectivity index (χ1) is 57.0. The van der Waals surface area contributed by atoms with Gasteiger partial charge >= 0.3 is 29.8 Å². The quantitative estimate of drug-likeness (QED) is 0.0209. The van der Waals surface area contributed by atoms with Crippen LogP contribution in [0.4, 0.5) is 0 Å². The van der Waals surface area contributed by atoms with Crippen molar-refractivity contribution in [1.29, 1.82) is 0 Å². The summed E-state index contributed by atoms with van der Waals surface area (Å²) >= 11 is 0.802. The van der Waals surface area contributed by atoms with Crippen LogP contribution in [0.5, 0.6) is 0 Å². The molecule has 30 heteroatoms. The van der Waals surface area contributed by atoms with Crippen molar-refractivity contribution in [2.75, 3.05) is 26.9 Å². The van der Waals surface area contributed by atoms with Crippen molar-refractivity contribution >= 4 is 53.4 Å². The summed E-state index contributed by atoms with van der Waals surface area (Å²) in [6, 6.07) is 61.0. The molecule has 4 aliphatic heterocycles. The molecule has 1 unspecified atom stereocenters. The van der Waals surface area contributed by atoms with Crippen LogP contribution in [0.25, 0.3) is 0 Å². The fourth-order valence-electron chi connectivity index (χ4n) is 14.5. The van der Waals surface area contributed by atoms with Gasteiger partial charge in [-0.3, -0.25) is 28.8 Å². The van der Waals surface area contributed by atoms with Crippen LogP contribution in [0.1, 0.15) is 81.8 Å². The summed E-state index contributed by atoms with van der Waals surface area (Å²) < 4.78 is 120. The second-order valence-electron chi connectivity index (χ2n) is 28.8. The highest BCUT2D eigenvalue weighted by atomic mass is 32.2. The molecule has 0 aromatic heterocycles. The smallest absolute Gasteiger partial charge is 0.368 e. The molecule has 0 radical (unpaired) electrons. The Morgan fingerprint density at radius 3 is 1.36 bits per heavy atom. The van der Waals surface area contributed by atoms with Gasteiger partial charge in [0, 0.05) is 46.4 Å². The van der Waals surface area contributed by atoms with E-state index in [1.54, 1.807) is 61.5 Å². The number of benzene rings is 7. The van der Waals surface area contributed by atoms with E-state index in [0.29, 0.717) is 16.0 Å². The van der Waals surface area contributed by atoms with E-state index in [1.807, 2.05) is 158 Å². The number of hydrogen-bond donors (Lipinski definition) is 4. The predicted octanol–water partition coefficient (Wildman–Crippen LogP) is 8.26. The van der Waals surface area contributed by atoms with E-state index in [9.17, 15) is 39.0 Å². The summed E-state index contributed by atoms with van der Waals surface area (Å²) in [5.74, 6) is -10.0. The fraction of sp³-hybridized carbons (Fsp3) is 0.443. The Kier molecular flexibility index (Phi) is 33.4. The van der Waals surface area contributed by atoms with E-state index in [0.717, 1.165) is 75.7 Å². The molecule has 4 fully saturated rings. The molecule has 4 saturated heterocycles. The fourth-order valence-corrected chi connectivity index (χ4v) is 15.8. The lowest BCUT2D eigenvalue weighted by molar-refractivity contribution is -0.393. The van der Waals surface area contributed by atoms with E-state index in [-0.39, 0.29) is 46.2 Å². The number of rotatable bonds is 38. The molecular weight excluding hydrogens is 1550 g/mol. The van der Waals surface area contributed by atoms with Crippen LogP contribution in [0.2, 0.25) is 0 Å². The molecule has 29 nitrogen and oxygen atoms in total. The summed E-state index contributed by atoms with van der Waals surface area (Å²) in [6.07, 6.45) is -30.0. The van der Waals surface area contributed by atoms with Crippen LogP contribution in [-0.2, 0) is 158 Å². The molecule has 4 aliphatic rings. The SMILES string of the molecule is COC(=O)[C@]1(O[C@H]2[C@@H](O)[C@@H](COCc3ccccc3)O[C@@H](O[C@H]3[C@H](O[C@@H]4O[C@@H](C)[C@@H](OCc5ccccc5)[C@@H](OCc5ccccc5)[C@@H]4OCc4ccccc4)[C@@H](NC(C)=O)[C@@H](OCc4ccccc4)O[C@@H]3COCc3ccccc3)[C@@H]2O)O[C@@H]([C@H](OC(C)=O)[C@H](COC(C)=O)OC(C)=O)C(NC(C)=O)[C@@H](OC(C)=O)[C@@H]1Sc1ccccc1. The molecule has 7 aromatic rings. The summed E-state index contributed by atoms with van der Waals surface area (Å²) in [6.45, 7) is 6.54. The van der Waals surface area contributed by atoms with Crippen molar-refractivity contribution in [3.05, 3.63) is 246 Å². The van der Waals surface area contributed by atoms with Crippen molar-refractivity contribution in [1.82, 2.24) is 10.6 Å². The van der Waals surface area contributed by atoms with Gasteiger partial charge in [0.25, 0.3) is 5.79 Å². The van der Waals surface area contributed by atoms with Crippen molar-refractivity contribution in [2.24, 2.45) is 0 Å². The van der Waals surface area contributed by atoms with Crippen LogP contribution in [0.15, 0.2) is 217 Å². The molecule has 0 saturated carbocycles. The third-order valence-electron chi connectivity index (χ3n) is 19.8. The van der Waals surface area contributed by atoms with E-state index in [1.165, 1.54) is 6.92 Å². The summed E-state index contributed by atoms with van der Waals surface area (Å²) in [4.78, 5) is 97.8. The first kappa shape index (κ1) is 89.4. The van der Waals surface area contributed by atoms with Crippen LogP contribution < -0.4 is 10.6 Å². The number of ether oxygens (including phenoxy) is 18. The molecule has 11 rings (SSSR count). The highest BCUT2D eigenvalue weighted by Gasteiger charge is 2.68. The van der Waals surface area contributed by atoms with Gasteiger partial charge < -0.3 is 106 Å². The number of amides is 2. The number of aliphatic hydroxyl groups excluding tert-OH is 2. The van der Waals surface area contributed by atoms with Gasteiger partial charge in [0.2, 0.25) is 11.8 Å². The van der Waals surface area contributed by atoms with Crippen LogP contribution in [0, 0.1) is 0 Å². The first-order valence-corrected chi connectivity index (χ1v) is 39.8. The van der Waals surface area contributed by atoms with E-state index >= 15 is 4.79 Å². The van der Waals surface area contributed by atoms with Crippen molar-refractivity contribution in [3.8, 4) is 0 Å². The summed E-state index contributed by atoms with van der Waals surface area (Å²) in [5, 5.41) is 31.1. The molecule has 0 spiro atoms. The zero-order valence-electron chi connectivity index (χ0n) is 66.7. The lowest BCUT2D eigenvalue weighted by Crippen LogP contribution is -2.76. The molecular formula is C88H102N2O27S. The lowest BCUT2D eigenvalue weighted by Gasteiger charge is -2.54. The Hall–Kier alpha value is -9.42. The topological polar surface area (TPSA) is 350 Å². The van der Waals surface area contributed by atoms with Gasteiger partial charge in [0.05, 0.1) is 72.1 Å². The van der Waals surface area contributed by atoms with Gasteiger partial charge in [-0.05, 0) is 52.4 Å². The maximum atomic E-state index is 16.0. The average molecular weight is 1650 g/mol. The minimum Gasteiger partial charge on any atom is -0.465 e. The van der Waals surface area contributed by atoms with Crippen molar-refractivity contribution in [3.63, 3.8) is 0 Å². The van der Waals surface area contributed by atoms with Crippen LogP contribution >= 0.6 is 11.8 Å². The second kappa shape index (κ2) is 44.0. The van der Waals surface area contributed by atoms with Gasteiger partial charge in [0.1, 0.15) is 91.1 Å². The molecule has 4 heterocycles. The minimum atomic E-state index is -3.21. The van der Waals surface area contributed by atoms with Gasteiger partial charge in [-0.15, -0.1) is 11.8 Å². The second-order valence-corrected chi connectivity index (χ2v) is 30.0. The number of carbonyl (C=O) groups excluding carboxylic acids is 7. The molecule has 4 N–H and O–H groups in total. The third kappa shape index (κ3) is 24.6. The maximum absolute atomic E-state index is 16.0. The summed E-state index contributed by atoms with van der Waals surface area (Å²) in [5.41, 5.74) is 4.59. The van der Waals surface area contributed by atoms with Gasteiger partial charge in [-0.2, -0.15) is 0 Å². The van der Waals surface area contributed by atoms with E-state index in [4.69, 9.17) is 85.3 Å². The number of methoxy groups -OCH3 is 1.